The smallest absolute Gasteiger partial charge is 0.227 e. The average Bonchev–Trinajstić information content (AvgIpc) is 2.57. The summed E-state index contributed by atoms with van der Waals surface area (Å²) >= 11 is 0. The van der Waals surface area contributed by atoms with E-state index in [9.17, 15) is 4.79 Å². The van der Waals surface area contributed by atoms with Gasteiger partial charge in [0, 0.05) is 25.7 Å². The predicted molar refractivity (Wildman–Crippen MR) is 88.7 cm³/mol. The summed E-state index contributed by atoms with van der Waals surface area (Å²) in [5.74, 6) is 0.228. The van der Waals surface area contributed by atoms with Crippen LogP contribution in [-0.4, -0.2) is 36.5 Å². The molecule has 3 nitrogen and oxygen atoms in total. The van der Waals surface area contributed by atoms with Crippen molar-refractivity contribution >= 4 is 5.91 Å². The number of carbonyl (C=O) groups is 1. The number of benzene rings is 2. The van der Waals surface area contributed by atoms with E-state index >= 15 is 0 Å². The summed E-state index contributed by atoms with van der Waals surface area (Å²) in [6.07, 6.45) is 1.47. The largest absolute Gasteiger partial charge is 0.340 e. The molecule has 0 radical (unpaired) electrons. The fourth-order valence-corrected chi connectivity index (χ4v) is 2.97. The molecule has 1 fully saturated rings. The first-order valence-electron chi connectivity index (χ1n) is 7.90. The second-order valence-electron chi connectivity index (χ2n) is 5.84. The van der Waals surface area contributed by atoms with Crippen LogP contribution in [0.4, 0.5) is 0 Å². The Hall–Kier alpha value is -2.13. The lowest BCUT2D eigenvalue weighted by atomic mass is 10.0. The number of piperazine rings is 1. The van der Waals surface area contributed by atoms with E-state index in [0.29, 0.717) is 12.5 Å². The van der Waals surface area contributed by atoms with Crippen LogP contribution in [0.5, 0.6) is 0 Å². The number of hydrogen-bond acceptors (Lipinski definition) is 2. The van der Waals surface area contributed by atoms with Gasteiger partial charge in [-0.3, -0.25) is 4.79 Å². The third-order valence-corrected chi connectivity index (χ3v) is 4.13. The molecule has 0 saturated carbocycles. The van der Waals surface area contributed by atoms with Crippen LogP contribution in [-0.2, 0) is 17.6 Å². The van der Waals surface area contributed by atoms with Gasteiger partial charge in [0.1, 0.15) is 0 Å². The maximum atomic E-state index is 12.5. The Morgan fingerprint density at radius 3 is 2.32 bits per heavy atom. The summed E-state index contributed by atoms with van der Waals surface area (Å²) in [6, 6.07) is 20.8. The maximum absolute atomic E-state index is 12.5. The summed E-state index contributed by atoms with van der Waals surface area (Å²) < 4.78 is 0. The van der Waals surface area contributed by atoms with E-state index in [1.54, 1.807) is 0 Å². The lowest BCUT2D eigenvalue weighted by Gasteiger charge is -2.34. The first-order valence-corrected chi connectivity index (χ1v) is 7.90. The molecule has 1 aliphatic rings. The van der Waals surface area contributed by atoms with Gasteiger partial charge < -0.3 is 10.2 Å². The van der Waals surface area contributed by atoms with Gasteiger partial charge in [0.15, 0.2) is 0 Å². The van der Waals surface area contributed by atoms with Crippen molar-refractivity contribution in [3.05, 3.63) is 71.8 Å². The van der Waals surface area contributed by atoms with Gasteiger partial charge in [-0.1, -0.05) is 60.7 Å². The Kier molecular flexibility index (Phi) is 4.86. The van der Waals surface area contributed by atoms with Crippen LogP contribution in [0.1, 0.15) is 11.1 Å². The molecule has 2 aromatic rings. The molecule has 1 saturated heterocycles. The topological polar surface area (TPSA) is 32.3 Å². The molecule has 0 spiro atoms. The summed E-state index contributed by atoms with van der Waals surface area (Å²) in [5, 5.41) is 3.52. The van der Waals surface area contributed by atoms with E-state index in [0.717, 1.165) is 31.6 Å². The molecule has 1 N–H and O–H groups in total. The van der Waals surface area contributed by atoms with Gasteiger partial charge >= 0.3 is 0 Å². The number of rotatable bonds is 4. The van der Waals surface area contributed by atoms with Crippen LogP contribution >= 0.6 is 0 Å². The van der Waals surface area contributed by atoms with E-state index in [-0.39, 0.29) is 5.91 Å². The number of amides is 1. The van der Waals surface area contributed by atoms with E-state index in [1.165, 1.54) is 5.56 Å². The second kappa shape index (κ2) is 7.23. The zero-order valence-corrected chi connectivity index (χ0v) is 12.7. The second-order valence-corrected chi connectivity index (χ2v) is 5.84. The molecule has 1 unspecified atom stereocenters. The molecule has 1 atom stereocenters. The molecule has 2 aromatic carbocycles. The molecule has 1 aliphatic heterocycles. The van der Waals surface area contributed by atoms with E-state index in [1.807, 2.05) is 41.3 Å². The highest BCUT2D eigenvalue weighted by Crippen LogP contribution is 2.10. The van der Waals surface area contributed by atoms with E-state index in [2.05, 4.69) is 29.6 Å². The summed E-state index contributed by atoms with van der Waals surface area (Å²) in [7, 11) is 0. The molecule has 0 aliphatic carbocycles. The van der Waals surface area contributed by atoms with Gasteiger partial charge in [0.05, 0.1) is 6.42 Å². The molecular formula is C19H22N2O. The van der Waals surface area contributed by atoms with Crippen LogP contribution in [0.25, 0.3) is 0 Å². The Morgan fingerprint density at radius 1 is 1.00 bits per heavy atom. The summed E-state index contributed by atoms with van der Waals surface area (Å²) in [4.78, 5) is 14.5. The van der Waals surface area contributed by atoms with Crippen molar-refractivity contribution < 1.29 is 4.79 Å². The normalized spacial score (nSPS) is 18.2. The number of carbonyl (C=O) groups excluding carboxylic acids is 1. The zero-order valence-electron chi connectivity index (χ0n) is 12.7. The van der Waals surface area contributed by atoms with E-state index < -0.39 is 0 Å². The van der Waals surface area contributed by atoms with Gasteiger partial charge in [0.25, 0.3) is 0 Å². The quantitative estimate of drug-likeness (QED) is 0.938. The van der Waals surface area contributed by atoms with Gasteiger partial charge in [-0.05, 0) is 17.5 Å². The fraction of sp³-hybridized carbons (Fsp3) is 0.316. The number of hydrogen-bond donors (Lipinski definition) is 1. The minimum atomic E-state index is 0.228. The van der Waals surface area contributed by atoms with Crippen molar-refractivity contribution in [1.82, 2.24) is 10.2 Å². The van der Waals surface area contributed by atoms with Crippen molar-refractivity contribution in [2.45, 2.75) is 18.9 Å². The molecule has 1 amide bonds. The Bertz CT molecular complexity index is 597. The standard InChI is InChI=1S/C19H22N2O/c22-19(14-17-9-5-2-6-10-17)21-12-11-20-18(15-21)13-16-7-3-1-4-8-16/h1-10,18,20H,11-15H2. The Morgan fingerprint density at radius 2 is 1.64 bits per heavy atom. The fourth-order valence-electron chi connectivity index (χ4n) is 2.97. The van der Waals surface area contributed by atoms with Crippen molar-refractivity contribution in [2.75, 3.05) is 19.6 Å². The predicted octanol–water partition coefficient (Wildman–Crippen LogP) is 2.27. The zero-order chi connectivity index (χ0) is 15.2. The molecular weight excluding hydrogens is 272 g/mol. The highest BCUT2D eigenvalue weighted by molar-refractivity contribution is 5.78. The third kappa shape index (κ3) is 3.95. The van der Waals surface area contributed by atoms with Gasteiger partial charge in [-0.2, -0.15) is 0 Å². The SMILES string of the molecule is O=C(Cc1ccccc1)N1CCNC(Cc2ccccc2)C1. The molecule has 0 bridgehead atoms. The van der Waals surface area contributed by atoms with Crippen molar-refractivity contribution in [3.8, 4) is 0 Å². The molecule has 1 heterocycles. The number of nitrogens with zero attached hydrogens (tertiary/aromatic N) is 1. The average molecular weight is 294 g/mol. The van der Waals surface area contributed by atoms with Crippen LogP contribution in [0.2, 0.25) is 0 Å². The van der Waals surface area contributed by atoms with Crippen molar-refractivity contribution in [2.24, 2.45) is 0 Å². The van der Waals surface area contributed by atoms with Crippen LogP contribution in [0.15, 0.2) is 60.7 Å². The lowest BCUT2D eigenvalue weighted by Crippen LogP contribution is -2.53. The van der Waals surface area contributed by atoms with Crippen LogP contribution in [0, 0.1) is 0 Å². The molecule has 3 rings (SSSR count). The van der Waals surface area contributed by atoms with Gasteiger partial charge in [-0.15, -0.1) is 0 Å². The molecule has 114 valence electrons. The maximum Gasteiger partial charge on any atom is 0.227 e. The monoisotopic (exact) mass is 294 g/mol. The highest BCUT2D eigenvalue weighted by atomic mass is 16.2. The van der Waals surface area contributed by atoms with Crippen molar-refractivity contribution in [3.63, 3.8) is 0 Å². The lowest BCUT2D eigenvalue weighted by molar-refractivity contribution is -0.131. The molecule has 0 aromatic heterocycles. The van der Waals surface area contributed by atoms with Crippen LogP contribution < -0.4 is 5.32 Å². The Balaban J connectivity index is 1.57. The molecule has 3 heteroatoms. The molecule has 22 heavy (non-hydrogen) atoms. The highest BCUT2D eigenvalue weighted by Gasteiger charge is 2.23. The first kappa shape index (κ1) is 14.8. The van der Waals surface area contributed by atoms with Crippen molar-refractivity contribution in [1.29, 1.82) is 0 Å². The van der Waals surface area contributed by atoms with Gasteiger partial charge in [-0.25, -0.2) is 0 Å². The Labute approximate surface area is 132 Å². The minimum absolute atomic E-state index is 0.228. The van der Waals surface area contributed by atoms with E-state index in [4.69, 9.17) is 0 Å². The number of nitrogens with one attached hydrogen (secondary N) is 1. The van der Waals surface area contributed by atoms with Gasteiger partial charge in [0.2, 0.25) is 5.91 Å². The summed E-state index contributed by atoms with van der Waals surface area (Å²) in [5.41, 5.74) is 2.41. The summed E-state index contributed by atoms with van der Waals surface area (Å²) in [6.45, 7) is 2.47. The van der Waals surface area contributed by atoms with Crippen LogP contribution in [0.3, 0.4) is 0 Å². The minimum Gasteiger partial charge on any atom is -0.340 e. The third-order valence-electron chi connectivity index (χ3n) is 4.13. The first-order chi connectivity index (χ1) is 10.8.